The zero-order chi connectivity index (χ0) is 12.6. The van der Waals surface area contributed by atoms with E-state index in [1.54, 1.807) is 14.0 Å². The SMILES string of the molecule is CCCOCCC(=O)N(C)C(C)C(N)=NO. The van der Waals surface area contributed by atoms with Crippen LogP contribution in [0.25, 0.3) is 0 Å². The van der Waals surface area contributed by atoms with Gasteiger partial charge in [0.15, 0.2) is 5.84 Å². The summed E-state index contributed by atoms with van der Waals surface area (Å²) >= 11 is 0. The number of amidine groups is 1. The number of likely N-dealkylation sites (N-methyl/N-ethyl adjacent to an activating group) is 1. The van der Waals surface area contributed by atoms with Crippen LogP contribution in [0.5, 0.6) is 0 Å². The number of ether oxygens (including phenoxy) is 1. The Hall–Kier alpha value is -1.30. The molecule has 0 aromatic heterocycles. The molecule has 0 bridgehead atoms. The molecule has 94 valence electrons. The third kappa shape index (κ3) is 4.97. The number of amides is 1. The maximum atomic E-state index is 11.6. The Bertz CT molecular complexity index is 243. The molecule has 1 amide bonds. The van der Waals surface area contributed by atoms with Gasteiger partial charge in [0.05, 0.1) is 19.1 Å². The number of oxime groups is 1. The second-order valence-corrected chi connectivity index (χ2v) is 3.57. The van der Waals surface area contributed by atoms with Crippen molar-refractivity contribution < 1.29 is 14.7 Å². The van der Waals surface area contributed by atoms with Crippen molar-refractivity contribution in [1.29, 1.82) is 0 Å². The van der Waals surface area contributed by atoms with Gasteiger partial charge in [-0.15, -0.1) is 0 Å². The molecular formula is C10H21N3O3. The van der Waals surface area contributed by atoms with Crippen molar-refractivity contribution in [3.63, 3.8) is 0 Å². The zero-order valence-electron chi connectivity index (χ0n) is 10.1. The Balaban J connectivity index is 3.98. The molecule has 0 radical (unpaired) electrons. The Kier molecular flexibility index (Phi) is 7.28. The molecule has 0 heterocycles. The molecule has 16 heavy (non-hydrogen) atoms. The molecule has 0 aliphatic heterocycles. The van der Waals surface area contributed by atoms with Crippen molar-refractivity contribution >= 4 is 11.7 Å². The number of nitrogens with two attached hydrogens (primary N) is 1. The molecule has 0 aliphatic rings. The van der Waals surface area contributed by atoms with Crippen LogP contribution in [-0.4, -0.2) is 48.2 Å². The number of rotatable bonds is 7. The van der Waals surface area contributed by atoms with Crippen LogP contribution in [0.1, 0.15) is 26.7 Å². The van der Waals surface area contributed by atoms with Crippen molar-refractivity contribution in [2.45, 2.75) is 32.7 Å². The Morgan fingerprint density at radius 2 is 2.19 bits per heavy atom. The van der Waals surface area contributed by atoms with Crippen molar-refractivity contribution in [2.24, 2.45) is 10.9 Å². The lowest BCUT2D eigenvalue weighted by molar-refractivity contribution is -0.131. The van der Waals surface area contributed by atoms with Crippen LogP contribution in [-0.2, 0) is 9.53 Å². The average molecular weight is 231 g/mol. The van der Waals surface area contributed by atoms with E-state index in [-0.39, 0.29) is 11.7 Å². The van der Waals surface area contributed by atoms with Gasteiger partial charge in [0.25, 0.3) is 0 Å². The van der Waals surface area contributed by atoms with E-state index in [0.717, 1.165) is 6.42 Å². The molecule has 1 unspecified atom stereocenters. The predicted molar refractivity (Wildman–Crippen MR) is 61.4 cm³/mol. The van der Waals surface area contributed by atoms with Gasteiger partial charge < -0.3 is 20.6 Å². The van der Waals surface area contributed by atoms with Crippen LogP contribution in [0.4, 0.5) is 0 Å². The number of nitrogens with zero attached hydrogens (tertiary/aromatic N) is 2. The van der Waals surface area contributed by atoms with Gasteiger partial charge in [0, 0.05) is 13.7 Å². The van der Waals surface area contributed by atoms with Crippen LogP contribution in [0, 0.1) is 0 Å². The van der Waals surface area contributed by atoms with Gasteiger partial charge >= 0.3 is 0 Å². The summed E-state index contributed by atoms with van der Waals surface area (Å²) in [6.45, 7) is 4.76. The number of carbonyl (C=O) groups is 1. The minimum atomic E-state index is -0.413. The van der Waals surface area contributed by atoms with E-state index in [1.165, 1.54) is 4.90 Å². The number of carbonyl (C=O) groups excluding carboxylic acids is 1. The van der Waals surface area contributed by atoms with Crippen LogP contribution in [0.15, 0.2) is 5.16 Å². The molecule has 0 aromatic carbocycles. The summed E-state index contributed by atoms with van der Waals surface area (Å²) < 4.78 is 5.21. The molecule has 0 fully saturated rings. The lowest BCUT2D eigenvalue weighted by Gasteiger charge is -2.23. The third-order valence-electron chi connectivity index (χ3n) is 2.33. The maximum absolute atomic E-state index is 11.6. The summed E-state index contributed by atoms with van der Waals surface area (Å²) in [4.78, 5) is 13.1. The maximum Gasteiger partial charge on any atom is 0.225 e. The van der Waals surface area contributed by atoms with E-state index < -0.39 is 6.04 Å². The largest absolute Gasteiger partial charge is 0.409 e. The quantitative estimate of drug-likeness (QED) is 0.218. The van der Waals surface area contributed by atoms with Crippen molar-refractivity contribution in [3.05, 3.63) is 0 Å². The summed E-state index contributed by atoms with van der Waals surface area (Å²) in [5, 5.41) is 11.4. The van der Waals surface area contributed by atoms with Gasteiger partial charge in [-0.3, -0.25) is 4.79 Å². The van der Waals surface area contributed by atoms with Gasteiger partial charge in [0.2, 0.25) is 5.91 Å². The molecule has 0 aromatic rings. The highest BCUT2D eigenvalue weighted by Gasteiger charge is 2.18. The first-order valence-electron chi connectivity index (χ1n) is 5.35. The second kappa shape index (κ2) is 7.92. The highest BCUT2D eigenvalue weighted by molar-refractivity contribution is 5.89. The van der Waals surface area contributed by atoms with Crippen molar-refractivity contribution in [1.82, 2.24) is 4.90 Å². The fourth-order valence-electron chi connectivity index (χ4n) is 1.08. The fraction of sp³-hybridized carbons (Fsp3) is 0.800. The Morgan fingerprint density at radius 1 is 1.56 bits per heavy atom. The summed E-state index contributed by atoms with van der Waals surface area (Å²) in [5.41, 5.74) is 5.41. The number of hydrogen-bond acceptors (Lipinski definition) is 4. The Labute approximate surface area is 96.0 Å². The van der Waals surface area contributed by atoms with E-state index in [0.29, 0.717) is 19.6 Å². The summed E-state index contributed by atoms with van der Waals surface area (Å²) in [6, 6.07) is -0.413. The minimum absolute atomic E-state index is 0.0188. The molecule has 0 rings (SSSR count). The second-order valence-electron chi connectivity index (χ2n) is 3.57. The Morgan fingerprint density at radius 3 is 2.69 bits per heavy atom. The van der Waals surface area contributed by atoms with E-state index in [2.05, 4.69) is 5.16 Å². The molecular weight excluding hydrogens is 210 g/mol. The van der Waals surface area contributed by atoms with Gasteiger partial charge in [0.1, 0.15) is 0 Å². The minimum Gasteiger partial charge on any atom is -0.409 e. The summed E-state index contributed by atoms with van der Waals surface area (Å²) in [6.07, 6.45) is 1.24. The summed E-state index contributed by atoms with van der Waals surface area (Å²) in [7, 11) is 1.62. The van der Waals surface area contributed by atoms with Gasteiger partial charge in [-0.1, -0.05) is 12.1 Å². The van der Waals surface area contributed by atoms with Crippen molar-refractivity contribution in [2.75, 3.05) is 20.3 Å². The molecule has 0 saturated carbocycles. The first kappa shape index (κ1) is 14.7. The highest BCUT2D eigenvalue weighted by Crippen LogP contribution is 2.00. The van der Waals surface area contributed by atoms with Crippen LogP contribution < -0.4 is 5.73 Å². The molecule has 0 saturated heterocycles. The van der Waals surface area contributed by atoms with Gasteiger partial charge in [-0.05, 0) is 13.3 Å². The van der Waals surface area contributed by atoms with Crippen LogP contribution in [0.2, 0.25) is 0 Å². The molecule has 1 atom stereocenters. The standard InChI is InChI=1S/C10H21N3O3/c1-4-6-16-7-5-9(14)13(3)8(2)10(11)12-15/h8,15H,4-7H2,1-3H3,(H2,11,12). The zero-order valence-corrected chi connectivity index (χ0v) is 10.1. The first-order valence-corrected chi connectivity index (χ1v) is 5.35. The lowest BCUT2D eigenvalue weighted by Crippen LogP contribution is -2.44. The van der Waals surface area contributed by atoms with Crippen molar-refractivity contribution in [3.8, 4) is 0 Å². The smallest absolute Gasteiger partial charge is 0.225 e. The van der Waals surface area contributed by atoms with E-state index >= 15 is 0 Å². The van der Waals surface area contributed by atoms with Crippen LogP contribution >= 0.6 is 0 Å². The molecule has 6 nitrogen and oxygen atoms in total. The normalized spacial score (nSPS) is 13.6. The molecule has 6 heteroatoms. The van der Waals surface area contributed by atoms with E-state index in [4.69, 9.17) is 15.7 Å². The number of hydrogen-bond donors (Lipinski definition) is 2. The van der Waals surface area contributed by atoms with Crippen LogP contribution in [0.3, 0.4) is 0 Å². The fourth-order valence-corrected chi connectivity index (χ4v) is 1.08. The third-order valence-corrected chi connectivity index (χ3v) is 2.33. The van der Waals surface area contributed by atoms with E-state index in [1.807, 2.05) is 6.92 Å². The monoisotopic (exact) mass is 231 g/mol. The van der Waals surface area contributed by atoms with Gasteiger partial charge in [-0.2, -0.15) is 0 Å². The highest BCUT2D eigenvalue weighted by atomic mass is 16.5. The molecule has 3 N–H and O–H groups in total. The molecule has 0 spiro atoms. The first-order chi connectivity index (χ1) is 7.54. The topological polar surface area (TPSA) is 88.2 Å². The summed E-state index contributed by atoms with van der Waals surface area (Å²) in [5.74, 6) is -0.0690. The molecule has 0 aliphatic carbocycles. The average Bonchev–Trinajstić information content (AvgIpc) is 2.31. The lowest BCUT2D eigenvalue weighted by atomic mass is 10.2. The van der Waals surface area contributed by atoms with Gasteiger partial charge in [-0.25, -0.2) is 0 Å². The predicted octanol–water partition coefficient (Wildman–Crippen LogP) is 0.396. The van der Waals surface area contributed by atoms with E-state index in [9.17, 15) is 4.79 Å².